The van der Waals surface area contributed by atoms with Gasteiger partial charge in [-0.2, -0.15) is 0 Å². The van der Waals surface area contributed by atoms with Crippen molar-refractivity contribution < 1.29 is 9.69 Å². The molecule has 0 saturated carbocycles. The first-order chi connectivity index (χ1) is 8.72. The Balaban J connectivity index is 2.00. The van der Waals surface area contributed by atoms with Crippen molar-refractivity contribution in [2.45, 2.75) is 6.92 Å². The molecule has 0 aromatic heterocycles. The Morgan fingerprint density at radius 1 is 1.39 bits per heavy atom. The lowest BCUT2D eigenvalue weighted by atomic mass is 10.1. The van der Waals surface area contributed by atoms with Crippen molar-refractivity contribution in [3.8, 4) is 0 Å². The molecule has 1 aliphatic rings. The number of nitrogens with one attached hydrogen (secondary N) is 1. The quantitative estimate of drug-likeness (QED) is 0.772. The highest BCUT2D eigenvalue weighted by Gasteiger charge is 2.24. The van der Waals surface area contributed by atoms with Gasteiger partial charge >= 0.3 is 0 Å². The van der Waals surface area contributed by atoms with Gasteiger partial charge in [0.1, 0.15) is 0 Å². The fraction of sp³-hybridized carbons (Fsp3) is 0.400. The van der Waals surface area contributed by atoms with Gasteiger partial charge in [-0.05, 0) is 24.6 Å². The zero-order chi connectivity index (χ0) is 13.0. The largest absolute Gasteiger partial charge is 0.329 e. The van der Waals surface area contributed by atoms with E-state index in [4.69, 9.17) is 0 Å². The third-order valence-corrected chi connectivity index (χ3v) is 3.57. The van der Waals surface area contributed by atoms with Crippen molar-refractivity contribution in [3.05, 3.63) is 48.0 Å². The van der Waals surface area contributed by atoms with E-state index in [-0.39, 0.29) is 5.91 Å². The number of piperazine rings is 1. The van der Waals surface area contributed by atoms with Gasteiger partial charge in [-0.3, -0.25) is 4.79 Å². The van der Waals surface area contributed by atoms with Gasteiger partial charge in [0.05, 0.1) is 32.7 Å². The van der Waals surface area contributed by atoms with Gasteiger partial charge in [-0.15, -0.1) is 0 Å². The molecule has 1 amide bonds. The van der Waals surface area contributed by atoms with E-state index in [2.05, 4.69) is 6.58 Å². The van der Waals surface area contributed by atoms with E-state index >= 15 is 0 Å². The molecule has 1 aromatic carbocycles. The summed E-state index contributed by atoms with van der Waals surface area (Å²) in [6.07, 6.45) is 1.95. The van der Waals surface area contributed by atoms with Crippen molar-refractivity contribution in [3.63, 3.8) is 0 Å². The van der Waals surface area contributed by atoms with Crippen LogP contribution in [0.3, 0.4) is 0 Å². The Labute approximate surface area is 109 Å². The Morgan fingerprint density at radius 2 is 2.06 bits per heavy atom. The predicted octanol–water partition coefficient (Wildman–Crippen LogP) is 0.522. The molecular formula is C15H21N2O+. The van der Waals surface area contributed by atoms with E-state index in [0.717, 1.165) is 43.9 Å². The fourth-order valence-corrected chi connectivity index (χ4v) is 2.42. The third-order valence-electron chi connectivity index (χ3n) is 3.57. The van der Waals surface area contributed by atoms with Crippen molar-refractivity contribution in [2.75, 3.05) is 32.7 Å². The van der Waals surface area contributed by atoms with Crippen LogP contribution in [0.5, 0.6) is 0 Å². The maximum Gasteiger partial charge on any atom is 0.254 e. The van der Waals surface area contributed by atoms with Gasteiger partial charge in [-0.25, -0.2) is 0 Å². The average Bonchev–Trinajstić information content (AvgIpc) is 2.40. The van der Waals surface area contributed by atoms with Crippen LogP contribution in [0.4, 0.5) is 0 Å². The molecule has 1 saturated heterocycles. The molecule has 3 heteroatoms. The van der Waals surface area contributed by atoms with Gasteiger partial charge < -0.3 is 9.80 Å². The van der Waals surface area contributed by atoms with Crippen LogP contribution in [0.1, 0.15) is 15.9 Å². The maximum absolute atomic E-state index is 12.4. The minimum Gasteiger partial charge on any atom is -0.329 e. The molecule has 1 heterocycles. The molecule has 0 spiro atoms. The van der Waals surface area contributed by atoms with Crippen LogP contribution in [-0.4, -0.2) is 43.5 Å². The monoisotopic (exact) mass is 245 g/mol. The highest BCUT2D eigenvalue weighted by molar-refractivity contribution is 5.95. The average molecular weight is 245 g/mol. The number of quaternary nitrogens is 1. The normalized spacial score (nSPS) is 16.6. The van der Waals surface area contributed by atoms with Crippen molar-refractivity contribution in [1.29, 1.82) is 0 Å². The second-order valence-corrected chi connectivity index (χ2v) is 4.85. The number of carbonyl (C=O) groups is 1. The van der Waals surface area contributed by atoms with Crippen molar-refractivity contribution in [1.82, 2.24) is 4.90 Å². The summed E-state index contributed by atoms with van der Waals surface area (Å²) >= 11 is 0. The minimum atomic E-state index is 0.172. The van der Waals surface area contributed by atoms with Gasteiger partial charge in [0.2, 0.25) is 0 Å². The van der Waals surface area contributed by atoms with Crippen molar-refractivity contribution >= 4 is 5.91 Å². The number of hydrogen-bond donors (Lipinski definition) is 1. The lowest BCUT2D eigenvalue weighted by molar-refractivity contribution is -0.898. The molecule has 18 heavy (non-hydrogen) atoms. The number of rotatable bonds is 3. The van der Waals surface area contributed by atoms with E-state index in [1.54, 1.807) is 0 Å². The van der Waals surface area contributed by atoms with Gasteiger partial charge in [-0.1, -0.05) is 24.8 Å². The molecule has 3 nitrogen and oxygen atoms in total. The van der Waals surface area contributed by atoms with Gasteiger partial charge in [0, 0.05) is 5.56 Å². The van der Waals surface area contributed by atoms with Gasteiger partial charge in [0.15, 0.2) is 0 Å². The standard InChI is InChI=1S/C15H20N2O/c1-3-8-16-9-11-17(12-10-16)15(18)14-7-5-4-6-13(14)2/h3-7H,1,8-12H2,2H3/p+1. The number of nitrogens with zero attached hydrogens (tertiary/aromatic N) is 1. The van der Waals surface area contributed by atoms with E-state index in [1.165, 1.54) is 4.90 Å². The summed E-state index contributed by atoms with van der Waals surface area (Å²) in [6.45, 7) is 10.5. The van der Waals surface area contributed by atoms with Crippen LogP contribution in [0.2, 0.25) is 0 Å². The highest BCUT2D eigenvalue weighted by Crippen LogP contribution is 2.10. The smallest absolute Gasteiger partial charge is 0.254 e. The van der Waals surface area contributed by atoms with Crippen LogP contribution < -0.4 is 4.90 Å². The second-order valence-electron chi connectivity index (χ2n) is 4.85. The molecule has 1 N–H and O–H groups in total. The van der Waals surface area contributed by atoms with Crippen LogP contribution in [0.15, 0.2) is 36.9 Å². The highest BCUT2D eigenvalue weighted by atomic mass is 16.2. The van der Waals surface area contributed by atoms with Gasteiger partial charge in [0.25, 0.3) is 5.91 Å². The first-order valence-electron chi connectivity index (χ1n) is 6.51. The molecular weight excluding hydrogens is 224 g/mol. The molecule has 2 rings (SSSR count). The number of benzene rings is 1. The number of amides is 1. The molecule has 0 radical (unpaired) electrons. The van der Waals surface area contributed by atoms with Crippen LogP contribution in [-0.2, 0) is 0 Å². The van der Waals surface area contributed by atoms with E-state index in [0.29, 0.717) is 0 Å². The first kappa shape index (κ1) is 12.8. The molecule has 1 aliphatic heterocycles. The molecule has 0 bridgehead atoms. The predicted molar refractivity (Wildman–Crippen MR) is 72.8 cm³/mol. The summed E-state index contributed by atoms with van der Waals surface area (Å²) < 4.78 is 0. The lowest BCUT2D eigenvalue weighted by Gasteiger charge is -2.32. The number of hydrogen-bond acceptors (Lipinski definition) is 1. The van der Waals surface area contributed by atoms with E-state index in [1.807, 2.05) is 42.2 Å². The molecule has 0 aliphatic carbocycles. The summed E-state index contributed by atoms with van der Waals surface area (Å²) in [5.74, 6) is 0.172. The zero-order valence-corrected chi connectivity index (χ0v) is 11.0. The Hall–Kier alpha value is -1.61. The SMILES string of the molecule is C=CC[NH+]1CCN(C(=O)c2ccccc2C)CC1. The van der Waals surface area contributed by atoms with Crippen LogP contribution in [0.25, 0.3) is 0 Å². The van der Waals surface area contributed by atoms with E-state index in [9.17, 15) is 4.79 Å². The van der Waals surface area contributed by atoms with Crippen LogP contribution >= 0.6 is 0 Å². The topological polar surface area (TPSA) is 24.8 Å². The lowest BCUT2D eigenvalue weighted by Crippen LogP contribution is -3.14. The van der Waals surface area contributed by atoms with Crippen molar-refractivity contribution in [2.24, 2.45) is 0 Å². The summed E-state index contributed by atoms with van der Waals surface area (Å²) in [5, 5.41) is 0. The summed E-state index contributed by atoms with van der Waals surface area (Å²) in [6, 6.07) is 7.81. The summed E-state index contributed by atoms with van der Waals surface area (Å²) in [5.41, 5.74) is 1.90. The summed E-state index contributed by atoms with van der Waals surface area (Å²) in [4.78, 5) is 15.9. The first-order valence-corrected chi connectivity index (χ1v) is 6.51. The molecule has 0 unspecified atom stereocenters. The zero-order valence-electron chi connectivity index (χ0n) is 11.0. The fourth-order valence-electron chi connectivity index (χ4n) is 2.42. The number of aryl methyl sites for hydroxylation is 1. The Kier molecular flexibility index (Phi) is 4.15. The summed E-state index contributed by atoms with van der Waals surface area (Å²) in [7, 11) is 0. The maximum atomic E-state index is 12.4. The molecule has 1 fully saturated rings. The van der Waals surface area contributed by atoms with Crippen LogP contribution in [0, 0.1) is 6.92 Å². The van der Waals surface area contributed by atoms with E-state index < -0.39 is 0 Å². The molecule has 0 atom stereocenters. The molecule has 1 aromatic rings. The Bertz CT molecular complexity index is 434. The number of carbonyl (C=O) groups excluding carboxylic acids is 1. The Morgan fingerprint density at radius 3 is 2.67 bits per heavy atom. The second kappa shape index (κ2) is 5.83. The third kappa shape index (κ3) is 2.79. The minimum absolute atomic E-state index is 0.172. The molecule has 96 valence electrons.